The molecule has 2 aliphatic carbocycles. The molecule has 0 saturated heterocycles. The molecule has 2 heteroatoms. The van der Waals surface area contributed by atoms with Crippen LogP contribution in [0.25, 0.3) is 77.2 Å². The molecule has 1 aromatic heterocycles. The summed E-state index contributed by atoms with van der Waals surface area (Å²) in [6.07, 6.45) is 0. The number of para-hydroxylation sites is 1. The van der Waals surface area contributed by atoms with Crippen LogP contribution in [0.3, 0.4) is 0 Å². The fourth-order valence-electron chi connectivity index (χ4n) is 12.5. The lowest BCUT2D eigenvalue weighted by molar-refractivity contribution is 0.660. The molecule has 0 bridgehead atoms. The van der Waals surface area contributed by atoms with Gasteiger partial charge >= 0.3 is 0 Å². The van der Waals surface area contributed by atoms with Gasteiger partial charge in [-0.3, -0.25) is 0 Å². The molecular formula is C68H47NO. The van der Waals surface area contributed by atoms with Crippen LogP contribution >= 0.6 is 0 Å². The van der Waals surface area contributed by atoms with Crippen molar-refractivity contribution in [1.82, 2.24) is 0 Å². The fourth-order valence-corrected chi connectivity index (χ4v) is 12.5. The Labute approximate surface area is 408 Å². The van der Waals surface area contributed by atoms with Crippen molar-refractivity contribution in [2.45, 2.75) is 24.7 Å². The summed E-state index contributed by atoms with van der Waals surface area (Å²) < 4.78 is 6.75. The molecule has 0 N–H and O–H groups in total. The normalized spacial score (nSPS) is 13.8. The van der Waals surface area contributed by atoms with E-state index < -0.39 is 5.41 Å². The van der Waals surface area contributed by atoms with E-state index in [1.165, 1.54) is 66.8 Å². The van der Waals surface area contributed by atoms with Gasteiger partial charge in [0, 0.05) is 44.2 Å². The van der Waals surface area contributed by atoms with E-state index >= 15 is 0 Å². The summed E-state index contributed by atoms with van der Waals surface area (Å²) in [6, 6.07) is 91.8. The van der Waals surface area contributed by atoms with Gasteiger partial charge < -0.3 is 9.32 Å². The number of hydrogen-bond acceptors (Lipinski definition) is 2. The van der Waals surface area contributed by atoms with Gasteiger partial charge in [-0.2, -0.15) is 0 Å². The lowest BCUT2D eigenvalue weighted by Gasteiger charge is -2.35. The van der Waals surface area contributed by atoms with Gasteiger partial charge in [-0.1, -0.05) is 220 Å². The van der Waals surface area contributed by atoms with Crippen LogP contribution in [0.5, 0.6) is 0 Å². The van der Waals surface area contributed by atoms with Crippen LogP contribution in [-0.2, 0) is 10.8 Å². The third-order valence-corrected chi connectivity index (χ3v) is 15.5. The Balaban J connectivity index is 1.01. The zero-order valence-electron chi connectivity index (χ0n) is 39.0. The van der Waals surface area contributed by atoms with Crippen LogP contribution < -0.4 is 4.90 Å². The Kier molecular flexibility index (Phi) is 8.88. The highest BCUT2D eigenvalue weighted by Gasteiger charge is 2.46. The van der Waals surface area contributed by atoms with E-state index in [9.17, 15) is 0 Å². The van der Waals surface area contributed by atoms with E-state index in [-0.39, 0.29) is 5.41 Å². The summed E-state index contributed by atoms with van der Waals surface area (Å²) in [4.78, 5) is 2.48. The van der Waals surface area contributed by atoms with E-state index in [0.717, 1.165) is 60.9 Å². The molecule has 0 radical (unpaired) electrons. The average molecular weight is 894 g/mol. The Morgan fingerprint density at radius 3 is 1.49 bits per heavy atom. The molecule has 0 aliphatic heterocycles. The maximum absolute atomic E-state index is 6.75. The molecule has 0 atom stereocenters. The first-order chi connectivity index (χ1) is 34.5. The Bertz CT molecular complexity index is 3970. The topological polar surface area (TPSA) is 16.4 Å². The maximum Gasteiger partial charge on any atom is 0.143 e. The van der Waals surface area contributed by atoms with Gasteiger partial charge in [0.05, 0.1) is 5.41 Å². The van der Waals surface area contributed by atoms with Crippen LogP contribution in [0.15, 0.2) is 253 Å². The average Bonchev–Trinajstić information content (AvgIpc) is 4.03. The van der Waals surface area contributed by atoms with Gasteiger partial charge in [-0.15, -0.1) is 0 Å². The highest BCUT2D eigenvalue weighted by molar-refractivity contribution is 6.26. The van der Waals surface area contributed by atoms with E-state index in [1.54, 1.807) is 0 Å². The summed E-state index contributed by atoms with van der Waals surface area (Å²) >= 11 is 0. The lowest BCUT2D eigenvalue weighted by Crippen LogP contribution is -2.28. The molecule has 70 heavy (non-hydrogen) atoms. The van der Waals surface area contributed by atoms with E-state index in [1.807, 2.05) is 0 Å². The quantitative estimate of drug-likeness (QED) is 0.158. The molecule has 2 aliphatic rings. The molecule has 0 unspecified atom stereocenters. The van der Waals surface area contributed by atoms with Crippen molar-refractivity contribution in [3.05, 3.63) is 282 Å². The fraction of sp³-hybridized carbons (Fsp3) is 0.0588. The molecule has 0 saturated carbocycles. The second-order valence-corrected chi connectivity index (χ2v) is 19.5. The highest BCUT2D eigenvalue weighted by atomic mass is 16.3. The van der Waals surface area contributed by atoms with Gasteiger partial charge in [0.1, 0.15) is 11.2 Å². The molecule has 12 aromatic rings. The van der Waals surface area contributed by atoms with Gasteiger partial charge in [-0.25, -0.2) is 0 Å². The molecule has 0 spiro atoms. The highest BCUT2D eigenvalue weighted by Crippen LogP contribution is 2.58. The predicted octanol–water partition coefficient (Wildman–Crippen LogP) is 18.2. The van der Waals surface area contributed by atoms with E-state index in [4.69, 9.17) is 4.42 Å². The second kappa shape index (κ2) is 15.4. The summed E-state index contributed by atoms with van der Waals surface area (Å²) in [6.45, 7) is 4.74. The molecule has 11 aromatic carbocycles. The third-order valence-electron chi connectivity index (χ3n) is 15.5. The minimum Gasteiger partial charge on any atom is -0.455 e. The maximum atomic E-state index is 6.75. The number of hydrogen-bond donors (Lipinski definition) is 0. The first-order valence-corrected chi connectivity index (χ1v) is 24.4. The SMILES string of the molecule is CC1(C)c2ccccc2-c2ccc(N(c3ccc(-c4c(-c5ccccc5)c5c6ccccc6oc5c5ccccc45)cc3)c3ccc4c(c3)C(c3ccccc3)(c3ccccc3)c3ccccc3-4)cc21. The van der Waals surface area contributed by atoms with Crippen molar-refractivity contribution < 1.29 is 4.42 Å². The first kappa shape index (κ1) is 40.4. The van der Waals surface area contributed by atoms with Crippen molar-refractivity contribution in [2.75, 3.05) is 4.90 Å². The smallest absolute Gasteiger partial charge is 0.143 e. The molecule has 2 nitrogen and oxygen atoms in total. The molecule has 14 rings (SSSR count). The van der Waals surface area contributed by atoms with Gasteiger partial charge in [-0.05, 0) is 120 Å². The van der Waals surface area contributed by atoms with Crippen LogP contribution in [-0.4, -0.2) is 0 Å². The number of rotatable bonds is 7. The predicted molar refractivity (Wildman–Crippen MR) is 292 cm³/mol. The number of anilines is 3. The zero-order valence-corrected chi connectivity index (χ0v) is 39.0. The van der Waals surface area contributed by atoms with Crippen LogP contribution in [0.2, 0.25) is 0 Å². The number of fused-ring (bicyclic) bond motifs is 11. The van der Waals surface area contributed by atoms with Crippen LogP contribution in [0, 0.1) is 0 Å². The summed E-state index contributed by atoms with van der Waals surface area (Å²) in [5.74, 6) is 0. The molecule has 0 amide bonds. The van der Waals surface area contributed by atoms with Gasteiger partial charge in [0.25, 0.3) is 0 Å². The number of benzene rings is 11. The lowest BCUT2D eigenvalue weighted by atomic mass is 9.67. The number of furan rings is 1. The zero-order chi connectivity index (χ0) is 46.6. The van der Waals surface area contributed by atoms with E-state index in [2.05, 4.69) is 267 Å². The molecule has 1 heterocycles. The summed E-state index contributed by atoms with van der Waals surface area (Å²) in [5.41, 5.74) is 22.0. The standard InChI is InChI=1S/C68H47NO/c1-67(2)58-31-17-14-26-51(58)53-40-38-49(42-60(53)67)69(50-39-41-54-52-27-15-18-32-59(52)68(61(54)43-50,46-22-8-4-9-23-46)47-24-10-5-11-25-47)48-36-34-45(35-37-48)63-55-28-12-13-29-56(55)66-65(57-30-16-19-33-62(57)70-66)64(63)44-20-6-3-7-21-44/h3-43H,1-2H3. The van der Waals surface area contributed by atoms with Gasteiger partial charge in [0.15, 0.2) is 0 Å². The molecular weight excluding hydrogens is 847 g/mol. The third kappa shape index (κ3) is 5.74. The van der Waals surface area contributed by atoms with Gasteiger partial charge in [0.2, 0.25) is 0 Å². The Hall–Kier alpha value is -8.72. The van der Waals surface area contributed by atoms with Crippen molar-refractivity contribution in [3.8, 4) is 44.5 Å². The molecule has 0 fully saturated rings. The Morgan fingerprint density at radius 1 is 0.343 bits per heavy atom. The largest absolute Gasteiger partial charge is 0.455 e. The second-order valence-electron chi connectivity index (χ2n) is 19.5. The van der Waals surface area contributed by atoms with Crippen molar-refractivity contribution in [2.24, 2.45) is 0 Å². The minimum absolute atomic E-state index is 0.169. The summed E-state index contributed by atoms with van der Waals surface area (Å²) in [7, 11) is 0. The Morgan fingerprint density at radius 2 is 0.814 bits per heavy atom. The first-order valence-electron chi connectivity index (χ1n) is 24.4. The van der Waals surface area contributed by atoms with Crippen molar-refractivity contribution in [3.63, 3.8) is 0 Å². The van der Waals surface area contributed by atoms with Crippen LogP contribution in [0.1, 0.15) is 47.2 Å². The van der Waals surface area contributed by atoms with Crippen molar-refractivity contribution >= 4 is 49.8 Å². The van der Waals surface area contributed by atoms with Crippen molar-refractivity contribution in [1.29, 1.82) is 0 Å². The van der Waals surface area contributed by atoms with Crippen LogP contribution in [0.4, 0.5) is 17.1 Å². The minimum atomic E-state index is -0.535. The van der Waals surface area contributed by atoms with E-state index in [0.29, 0.717) is 0 Å². The summed E-state index contributed by atoms with van der Waals surface area (Å²) in [5, 5.41) is 4.53. The number of nitrogens with zero attached hydrogens (tertiary/aromatic N) is 1. The monoisotopic (exact) mass is 893 g/mol. The molecule has 330 valence electrons.